The normalized spacial score (nSPS) is 13.1. The third-order valence-corrected chi connectivity index (χ3v) is 3.45. The number of tetrazole rings is 1. The van der Waals surface area contributed by atoms with Crippen molar-refractivity contribution in [3.63, 3.8) is 0 Å². The number of aromatic nitrogens is 4. The average molecular weight is 340 g/mol. The molecular formula is C15H21FN4O4. The van der Waals surface area contributed by atoms with Gasteiger partial charge in [0, 0.05) is 13.1 Å². The van der Waals surface area contributed by atoms with Gasteiger partial charge < -0.3 is 14.9 Å². The van der Waals surface area contributed by atoms with E-state index in [1.165, 1.54) is 13.1 Å². The maximum atomic E-state index is 14.4. The highest BCUT2D eigenvalue weighted by Gasteiger charge is 2.24. The van der Waals surface area contributed by atoms with Crippen LogP contribution in [0.15, 0.2) is 16.9 Å². The number of hydrogen-bond donors (Lipinski definition) is 2. The predicted molar refractivity (Wildman–Crippen MR) is 83.8 cm³/mol. The largest absolute Gasteiger partial charge is 0.488 e. The quantitative estimate of drug-likeness (QED) is 0.802. The number of hydrogen-bond acceptors (Lipinski definition) is 6. The lowest BCUT2D eigenvalue weighted by Gasteiger charge is -2.22. The van der Waals surface area contributed by atoms with Crippen LogP contribution in [0.3, 0.4) is 0 Å². The minimum atomic E-state index is -1.12. The summed E-state index contributed by atoms with van der Waals surface area (Å²) in [5, 5.41) is 25.7. The number of nitrogens with zero attached hydrogens (tertiary/aromatic N) is 4. The standard InChI is InChI=1S/C15H21FN4O4/c1-15(2,3)10-5-12(20-14(23)19(4)17-18-20)13(6-11(10)16)24-8-9(22)7-21/h5-6,9,21-22H,7-8H2,1-4H3/t9-/m1/s1. The second-order valence-electron chi connectivity index (χ2n) is 6.49. The Hall–Kier alpha value is -2.26. The van der Waals surface area contributed by atoms with Crippen LogP contribution in [0.25, 0.3) is 5.69 Å². The highest BCUT2D eigenvalue weighted by molar-refractivity contribution is 5.50. The summed E-state index contributed by atoms with van der Waals surface area (Å²) in [6, 6.07) is 2.62. The van der Waals surface area contributed by atoms with Gasteiger partial charge in [-0.2, -0.15) is 9.36 Å². The first-order valence-electron chi connectivity index (χ1n) is 7.40. The summed E-state index contributed by atoms with van der Waals surface area (Å²) < 4.78 is 21.8. The summed E-state index contributed by atoms with van der Waals surface area (Å²) in [5.74, 6) is -0.479. The Morgan fingerprint density at radius 2 is 2.00 bits per heavy atom. The predicted octanol–water partition coefficient (Wildman–Crippen LogP) is 0.135. The molecule has 9 heteroatoms. The Labute approximate surface area is 138 Å². The fraction of sp³-hybridized carbons (Fsp3) is 0.533. The van der Waals surface area contributed by atoms with Crippen LogP contribution >= 0.6 is 0 Å². The van der Waals surface area contributed by atoms with Crippen LogP contribution in [0, 0.1) is 5.82 Å². The Kier molecular flexibility index (Phi) is 5.05. The molecule has 0 fully saturated rings. The van der Waals surface area contributed by atoms with E-state index in [0.717, 1.165) is 15.4 Å². The van der Waals surface area contributed by atoms with Gasteiger partial charge in [0.05, 0.1) is 6.61 Å². The van der Waals surface area contributed by atoms with Crippen LogP contribution < -0.4 is 10.4 Å². The van der Waals surface area contributed by atoms with Gasteiger partial charge >= 0.3 is 5.69 Å². The molecule has 0 aliphatic carbocycles. The molecule has 0 amide bonds. The molecule has 24 heavy (non-hydrogen) atoms. The van der Waals surface area contributed by atoms with Gasteiger partial charge in [0.15, 0.2) is 0 Å². The molecule has 2 N–H and O–H groups in total. The van der Waals surface area contributed by atoms with Crippen molar-refractivity contribution in [3.8, 4) is 11.4 Å². The molecule has 0 saturated heterocycles. The van der Waals surface area contributed by atoms with Crippen molar-refractivity contribution >= 4 is 0 Å². The van der Waals surface area contributed by atoms with Crippen molar-refractivity contribution in [1.29, 1.82) is 0 Å². The summed E-state index contributed by atoms with van der Waals surface area (Å²) in [5.41, 5.74) is -0.433. The minimum Gasteiger partial charge on any atom is -0.488 e. The summed E-state index contributed by atoms with van der Waals surface area (Å²) in [7, 11) is 1.44. The van der Waals surface area contributed by atoms with Crippen LogP contribution in [-0.2, 0) is 12.5 Å². The fourth-order valence-corrected chi connectivity index (χ4v) is 2.10. The molecule has 0 bridgehead atoms. The molecule has 8 nitrogen and oxygen atoms in total. The second kappa shape index (κ2) is 6.70. The molecule has 132 valence electrons. The summed E-state index contributed by atoms with van der Waals surface area (Å²) in [6.45, 7) is 4.76. The van der Waals surface area contributed by atoms with E-state index in [0.29, 0.717) is 5.56 Å². The van der Waals surface area contributed by atoms with E-state index in [1.54, 1.807) is 0 Å². The van der Waals surface area contributed by atoms with Crippen LogP contribution in [0.4, 0.5) is 4.39 Å². The highest BCUT2D eigenvalue weighted by Crippen LogP contribution is 2.32. The first-order chi connectivity index (χ1) is 11.1. The Balaban J connectivity index is 2.59. The molecule has 0 unspecified atom stereocenters. The molecule has 1 heterocycles. The van der Waals surface area contributed by atoms with Crippen molar-refractivity contribution in [2.24, 2.45) is 7.05 Å². The lowest BCUT2D eigenvalue weighted by Crippen LogP contribution is -2.25. The van der Waals surface area contributed by atoms with Crippen LogP contribution in [0.5, 0.6) is 5.75 Å². The zero-order chi connectivity index (χ0) is 18.1. The van der Waals surface area contributed by atoms with Crippen molar-refractivity contribution < 1.29 is 19.3 Å². The summed E-state index contributed by atoms with van der Waals surface area (Å²) >= 11 is 0. The number of aryl methyl sites for hydroxylation is 1. The van der Waals surface area contributed by atoms with Gasteiger partial charge in [-0.05, 0) is 27.5 Å². The van der Waals surface area contributed by atoms with E-state index in [9.17, 15) is 14.3 Å². The van der Waals surface area contributed by atoms with Crippen LogP contribution in [0.2, 0.25) is 0 Å². The molecule has 0 aliphatic rings. The molecule has 1 aromatic carbocycles. The molecule has 0 radical (unpaired) electrons. The van der Waals surface area contributed by atoms with Gasteiger partial charge in [-0.3, -0.25) is 0 Å². The van der Waals surface area contributed by atoms with E-state index in [1.807, 2.05) is 20.8 Å². The number of aliphatic hydroxyl groups is 2. The lowest BCUT2D eigenvalue weighted by molar-refractivity contribution is 0.0534. The zero-order valence-electron chi connectivity index (χ0n) is 14.0. The van der Waals surface area contributed by atoms with Gasteiger partial charge in [0.25, 0.3) is 0 Å². The third kappa shape index (κ3) is 3.62. The Morgan fingerprint density at radius 1 is 1.33 bits per heavy atom. The van der Waals surface area contributed by atoms with Gasteiger partial charge in [0.1, 0.15) is 30.0 Å². The van der Waals surface area contributed by atoms with E-state index < -0.39 is 29.6 Å². The highest BCUT2D eigenvalue weighted by atomic mass is 19.1. The van der Waals surface area contributed by atoms with Crippen molar-refractivity contribution in [2.75, 3.05) is 13.2 Å². The maximum absolute atomic E-state index is 14.4. The van der Waals surface area contributed by atoms with Gasteiger partial charge in [0.2, 0.25) is 0 Å². The number of rotatable bonds is 5. The maximum Gasteiger partial charge on any atom is 0.368 e. The molecule has 0 spiro atoms. The van der Waals surface area contributed by atoms with Crippen LogP contribution in [0.1, 0.15) is 26.3 Å². The number of benzene rings is 1. The molecule has 0 aliphatic heterocycles. The monoisotopic (exact) mass is 340 g/mol. The van der Waals surface area contributed by atoms with Gasteiger partial charge in [-0.1, -0.05) is 20.8 Å². The molecule has 2 rings (SSSR count). The van der Waals surface area contributed by atoms with Crippen LogP contribution in [-0.4, -0.2) is 49.3 Å². The summed E-state index contributed by atoms with van der Waals surface area (Å²) in [6.07, 6.45) is -1.12. The van der Waals surface area contributed by atoms with Crippen molar-refractivity contribution in [3.05, 3.63) is 34.0 Å². The minimum absolute atomic E-state index is 0.0237. The zero-order valence-corrected chi connectivity index (χ0v) is 14.0. The SMILES string of the molecule is Cn1nnn(-c2cc(C(C)(C)C)c(F)cc2OC[C@H](O)CO)c1=O. The van der Waals surface area contributed by atoms with E-state index >= 15 is 0 Å². The lowest BCUT2D eigenvalue weighted by atomic mass is 9.86. The molecule has 2 aromatic rings. The molecule has 0 saturated carbocycles. The third-order valence-electron chi connectivity index (χ3n) is 3.45. The smallest absolute Gasteiger partial charge is 0.368 e. The van der Waals surface area contributed by atoms with Gasteiger partial charge in [-0.15, -0.1) is 0 Å². The van der Waals surface area contributed by atoms with Gasteiger partial charge in [-0.25, -0.2) is 9.18 Å². The number of halogens is 1. The second-order valence-corrected chi connectivity index (χ2v) is 6.49. The van der Waals surface area contributed by atoms with E-state index in [-0.39, 0.29) is 18.0 Å². The Bertz CT molecular complexity index is 779. The Morgan fingerprint density at radius 3 is 2.50 bits per heavy atom. The fourth-order valence-electron chi connectivity index (χ4n) is 2.10. The number of ether oxygens (including phenoxy) is 1. The molecule has 1 aromatic heterocycles. The topological polar surface area (TPSA) is 102 Å². The molecule has 1 atom stereocenters. The molecular weight excluding hydrogens is 319 g/mol. The summed E-state index contributed by atoms with van der Waals surface area (Å²) in [4.78, 5) is 12.1. The first-order valence-corrected chi connectivity index (χ1v) is 7.40. The van der Waals surface area contributed by atoms with E-state index in [4.69, 9.17) is 9.84 Å². The van der Waals surface area contributed by atoms with Crippen molar-refractivity contribution in [1.82, 2.24) is 19.8 Å². The average Bonchev–Trinajstić information content (AvgIpc) is 2.83. The van der Waals surface area contributed by atoms with E-state index in [2.05, 4.69) is 10.4 Å². The number of aliphatic hydroxyl groups excluding tert-OH is 2. The first kappa shape index (κ1) is 18.1. The van der Waals surface area contributed by atoms with Crippen molar-refractivity contribution in [2.45, 2.75) is 32.3 Å².